The summed E-state index contributed by atoms with van der Waals surface area (Å²) in [4.78, 5) is 2.39. The molecule has 0 unspecified atom stereocenters. The number of anilines is 3. The molecule has 0 saturated heterocycles. The van der Waals surface area contributed by atoms with E-state index in [0.717, 1.165) is 50.1 Å². The zero-order valence-corrected chi connectivity index (χ0v) is 26.4. The summed E-state index contributed by atoms with van der Waals surface area (Å²) in [5, 5.41) is 2.23. The van der Waals surface area contributed by atoms with E-state index < -0.39 is 0 Å². The standard InChI is InChI=1S/C45H33NO/c1-45(2)40-21-11-9-18-36(40)37-25-24-34(29-41(37)45)46(42-22-13-20-39-38-19-10-12-23-43(38)47-44(39)42)35-27-32(30-14-5-3-6-15-30)26-33(28-35)31-16-7-4-8-17-31/h3-29H,1-2H3. The van der Waals surface area contributed by atoms with Gasteiger partial charge in [-0.15, -0.1) is 0 Å². The first-order valence-corrected chi connectivity index (χ1v) is 16.3. The van der Waals surface area contributed by atoms with Crippen LogP contribution in [0.5, 0.6) is 0 Å². The van der Waals surface area contributed by atoms with E-state index in [1.165, 1.54) is 33.4 Å². The minimum absolute atomic E-state index is 0.125. The Morgan fingerprint density at radius 3 is 1.81 bits per heavy atom. The predicted octanol–water partition coefficient (Wildman–Crippen LogP) is 12.7. The second-order valence-electron chi connectivity index (χ2n) is 13.0. The molecule has 9 rings (SSSR count). The lowest BCUT2D eigenvalue weighted by Crippen LogP contribution is -2.16. The summed E-state index contributed by atoms with van der Waals surface area (Å²) in [6.07, 6.45) is 0. The van der Waals surface area contributed by atoms with Crippen LogP contribution in [-0.2, 0) is 5.41 Å². The van der Waals surface area contributed by atoms with Crippen molar-refractivity contribution in [3.05, 3.63) is 175 Å². The van der Waals surface area contributed by atoms with Gasteiger partial charge in [0.1, 0.15) is 5.58 Å². The van der Waals surface area contributed by atoms with E-state index in [0.29, 0.717) is 0 Å². The molecule has 0 amide bonds. The topological polar surface area (TPSA) is 16.4 Å². The maximum atomic E-state index is 6.68. The van der Waals surface area contributed by atoms with Gasteiger partial charge in [0.05, 0.1) is 5.69 Å². The highest BCUT2D eigenvalue weighted by Crippen LogP contribution is 2.51. The molecule has 0 saturated carbocycles. The molecule has 0 bridgehead atoms. The van der Waals surface area contributed by atoms with Crippen LogP contribution in [0.15, 0.2) is 168 Å². The molecule has 1 aliphatic rings. The fraction of sp³-hybridized carbons (Fsp3) is 0.0667. The monoisotopic (exact) mass is 603 g/mol. The lowest BCUT2D eigenvalue weighted by atomic mass is 9.82. The Morgan fingerprint density at radius 2 is 1.06 bits per heavy atom. The zero-order chi connectivity index (χ0) is 31.5. The van der Waals surface area contributed by atoms with E-state index in [2.05, 4.69) is 176 Å². The van der Waals surface area contributed by atoms with Gasteiger partial charge < -0.3 is 9.32 Å². The molecule has 7 aromatic carbocycles. The van der Waals surface area contributed by atoms with Crippen molar-refractivity contribution >= 4 is 39.0 Å². The van der Waals surface area contributed by atoms with Crippen molar-refractivity contribution in [3.8, 4) is 33.4 Å². The highest BCUT2D eigenvalue weighted by Gasteiger charge is 2.36. The Balaban J connectivity index is 1.34. The summed E-state index contributed by atoms with van der Waals surface area (Å²) >= 11 is 0. The Hall–Kier alpha value is -5.86. The van der Waals surface area contributed by atoms with Gasteiger partial charge in [0.15, 0.2) is 5.58 Å². The van der Waals surface area contributed by atoms with Crippen molar-refractivity contribution in [2.24, 2.45) is 0 Å². The summed E-state index contributed by atoms with van der Waals surface area (Å²) in [6, 6.07) is 58.9. The minimum atomic E-state index is -0.125. The summed E-state index contributed by atoms with van der Waals surface area (Å²) in [5.41, 5.74) is 14.8. The third kappa shape index (κ3) is 4.40. The zero-order valence-electron chi connectivity index (χ0n) is 26.4. The van der Waals surface area contributed by atoms with Gasteiger partial charge in [-0.1, -0.05) is 135 Å². The van der Waals surface area contributed by atoms with Gasteiger partial charge in [-0.05, 0) is 87.0 Å². The van der Waals surface area contributed by atoms with Crippen LogP contribution in [-0.4, -0.2) is 0 Å². The van der Waals surface area contributed by atoms with Crippen LogP contribution in [0, 0.1) is 0 Å². The van der Waals surface area contributed by atoms with E-state index >= 15 is 0 Å². The van der Waals surface area contributed by atoms with Gasteiger partial charge in [-0.25, -0.2) is 0 Å². The lowest BCUT2D eigenvalue weighted by Gasteiger charge is -2.29. The third-order valence-electron chi connectivity index (χ3n) is 9.84. The second kappa shape index (κ2) is 10.6. The molecule has 0 atom stereocenters. The summed E-state index contributed by atoms with van der Waals surface area (Å²) in [7, 11) is 0. The molecular weight excluding hydrogens is 571 g/mol. The average Bonchev–Trinajstić information content (AvgIpc) is 3.62. The second-order valence-corrected chi connectivity index (χ2v) is 13.0. The maximum Gasteiger partial charge on any atom is 0.159 e. The van der Waals surface area contributed by atoms with Gasteiger partial charge in [0, 0.05) is 27.6 Å². The third-order valence-corrected chi connectivity index (χ3v) is 9.84. The molecule has 0 fully saturated rings. The number of para-hydroxylation sites is 2. The van der Waals surface area contributed by atoms with Crippen LogP contribution >= 0.6 is 0 Å². The summed E-state index contributed by atoms with van der Waals surface area (Å²) in [5.74, 6) is 0. The van der Waals surface area contributed by atoms with E-state index in [9.17, 15) is 0 Å². The molecule has 2 nitrogen and oxygen atoms in total. The van der Waals surface area contributed by atoms with Crippen molar-refractivity contribution in [2.75, 3.05) is 4.90 Å². The molecule has 0 radical (unpaired) electrons. The van der Waals surface area contributed by atoms with E-state index in [-0.39, 0.29) is 5.41 Å². The van der Waals surface area contributed by atoms with E-state index in [4.69, 9.17) is 4.42 Å². The maximum absolute atomic E-state index is 6.68. The fourth-order valence-corrected chi connectivity index (χ4v) is 7.50. The van der Waals surface area contributed by atoms with Crippen LogP contribution < -0.4 is 4.90 Å². The number of rotatable bonds is 5. The van der Waals surface area contributed by atoms with Crippen LogP contribution in [0.25, 0.3) is 55.3 Å². The fourth-order valence-electron chi connectivity index (χ4n) is 7.50. The summed E-state index contributed by atoms with van der Waals surface area (Å²) in [6.45, 7) is 4.69. The van der Waals surface area contributed by atoms with Gasteiger partial charge in [0.2, 0.25) is 0 Å². The van der Waals surface area contributed by atoms with Gasteiger partial charge in [0.25, 0.3) is 0 Å². The van der Waals surface area contributed by atoms with Crippen LogP contribution in [0.3, 0.4) is 0 Å². The first kappa shape index (κ1) is 27.5. The van der Waals surface area contributed by atoms with Gasteiger partial charge in [-0.3, -0.25) is 0 Å². The predicted molar refractivity (Wildman–Crippen MR) is 197 cm³/mol. The van der Waals surface area contributed by atoms with Crippen molar-refractivity contribution in [1.82, 2.24) is 0 Å². The number of hydrogen-bond donors (Lipinski definition) is 0. The van der Waals surface area contributed by atoms with Crippen molar-refractivity contribution in [1.29, 1.82) is 0 Å². The molecular formula is C45H33NO. The number of fused-ring (bicyclic) bond motifs is 6. The first-order valence-electron chi connectivity index (χ1n) is 16.3. The summed E-state index contributed by atoms with van der Waals surface area (Å²) < 4.78 is 6.68. The molecule has 224 valence electrons. The van der Waals surface area contributed by atoms with Crippen LogP contribution in [0.2, 0.25) is 0 Å². The molecule has 0 N–H and O–H groups in total. The number of benzene rings is 7. The van der Waals surface area contributed by atoms with Gasteiger partial charge in [-0.2, -0.15) is 0 Å². The quantitative estimate of drug-likeness (QED) is 0.195. The Morgan fingerprint density at radius 1 is 0.447 bits per heavy atom. The smallest absolute Gasteiger partial charge is 0.159 e. The molecule has 0 spiro atoms. The number of nitrogens with zero attached hydrogens (tertiary/aromatic N) is 1. The molecule has 1 aromatic heterocycles. The van der Waals surface area contributed by atoms with Crippen LogP contribution in [0.4, 0.5) is 17.1 Å². The minimum Gasteiger partial charge on any atom is -0.454 e. The largest absolute Gasteiger partial charge is 0.454 e. The van der Waals surface area contributed by atoms with E-state index in [1.54, 1.807) is 0 Å². The van der Waals surface area contributed by atoms with E-state index in [1.807, 2.05) is 6.07 Å². The van der Waals surface area contributed by atoms with Crippen molar-refractivity contribution in [2.45, 2.75) is 19.3 Å². The Bertz CT molecular complexity index is 2380. The van der Waals surface area contributed by atoms with Crippen molar-refractivity contribution in [3.63, 3.8) is 0 Å². The first-order chi connectivity index (χ1) is 23.1. The Kier molecular flexibility index (Phi) is 6.20. The highest BCUT2D eigenvalue weighted by atomic mass is 16.3. The normalized spacial score (nSPS) is 13.1. The Labute approximate surface area is 275 Å². The average molecular weight is 604 g/mol. The molecule has 8 aromatic rings. The number of furan rings is 1. The molecule has 47 heavy (non-hydrogen) atoms. The SMILES string of the molecule is CC1(C)c2ccccc2-c2ccc(N(c3cc(-c4ccccc4)cc(-c4ccccc4)c3)c3cccc4c3oc3ccccc34)cc21. The molecule has 1 heterocycles. The van der Waals surface area contributed by atoms with Gasteiger partial charge >= 0.3 is 0 Å². The highest BCUT2D eigenvalue weighted by molar-refractivity contribution is 6.10. The molecule has 2 heteroatoms. The molecule has 0 aliphatic heterocycles. The van der Waals surface area contributed by atoms with Crippen molar-refractivity contribution < 1.29 is 4.42 Å². The number of hydrogen-bond acceptors (Lipinski definition) is 2. The lowest BCUT2D eigenvalue weighted by molar-refractivity contribution is 0.660. The van der Waals surface area contributed by atoms with Crippen LogP contribution in [0.1, 0.15) is 25.0 Å². The molecule has 1 aliphatic carbocycles.